The Labute approximate surface area is 221 Å². The van der Waals surface area contributed by atoms with Crippen molar-refractivity contribution in [3.63, 3.8) is 0 Å². The summed E-state index contributed by atoms with van der Waals surface area (Å²) in [5.74, 6) is 1.06. The molecule has 0 saturated carbocycles. The molecule has 9 heteroatoms. The number of halogens is 1. The summed E-state index contributed by atoms with van der Waals surface area (Å²) in [5.41, 5.74) is 10.1. The van der Waals surface area contributed by atoms with Crippen LogP contribution in [0.4, 0.5) is 5.82 Å². The van der Waals surface area contributed by atoms with Crippen LogP contribution in [-0.4, -0.2) is 45.5 Å². The number of nitrogens with zero attached hydrogens (tertiary/aromatic N) is 3. The van der Waals surface area contributed by atoms with Gasteiger partial charge in [-0.25, -0.2) is 4.68 Å². The number of nitrogen functional groups attached to an aromatic ring is 1. The Kier molecular flexibility index (Phi) is 6.31. The lowest BCUT2D eigenvalue weighted by atomic mass is 10.1. The van der Waals surface area contributed by atoms with Crippen LogP contribution in [0, 0.1) is 6.92 Å². The molecule has 0 unspecified atom stereocenters. The molecular weight excluding hydrogens is 534 g/mol. The van der Waals surface area contributed by atoms with Crippen LogP contribution < -0.4 is 10.5 Å². The Morgan fingerprint density at radius 3 is 2.57 bits per heavy atom. The Morgan fingerprint density at radius 1 is 1.03 bits per heavy atom. The first-order valence-corrected chi connectivity index (χ1v) is 12.3. The maximum Gasteiger partial charge on any atom is 0.253 e. The number of aromatic nitrogens is 3. The molecule has 0 radical (unpaired) electrons. The smallest absolute Gasteiger partial charge is 0.253 e. The molecule has 186 valence electrons. The van der Waals surface area contributed by atoms with Crippen LogP contribution in [0.15, 0.2) is 77.4 Å². The van der Waals surface area contributed by atoms with Gasteiger partial charge in [0.2, 0.25) is 5.78 Å². The van der Waals surface area contributed by atoms with Gasteiger partial charge in [-0.15, -0.1) is 0 Å². The number of carbonyl (C=O) groups excluding carboxylic acids is 2. The second-order valence-electron chi connectivity index (χ2n) is 8.88. The SMILES string of the molecule is Cc1cc(Oc2cccc(C(=O)N(C)C)c2)ccc1-n1ncc(C(=O)c2cc3cc(Br)ccc3[nH]2)c1N. The molecule has 0 aliphatic rings. The summed E-state index contributed by atoms with van der Waals surface area (Å²) in [7, 11) is 3.41. The van der Waals surface area contributed by atoms with Crippen LogP contribution in [0.5, 0.6) is 11.5 Å². The normalized spacial score (nSPS) is 11.0. The Morgan fingerprint density at radius 2 is 1.81 bits per heavy atom. The monoisotopic (exact) mass is 557 g/mol. The van der Waals surface area contributed by atoms with E-state index in [1.807, 2.05) is 37.3 Å². The third-order valence-corrected chi connectivity index (χ3v) is 6.49. The van der Waals surface area contributed by atoms with E-state index in [0.717, 1.165) is 26.6 Å². The number of H-pyrrole nitrogens is 1. The maximum absolute atomic E-state index is 13.2. The summed E-state index contributed by atoms with van der Waals surface area (Å²) < 4.78 is 8.47. The van der Waals surface area contributed by atoms with Gasteiger partial charge in [-0.05, 0) is 73.2 Å². The second-order valence-corrected chi connectivity index (χ2v) is 9.79. The van der Waals surface area contributed by atoms with Gasteiger partial charge in [0.05, 0.1) is 23.1 Å². The molecule has 2 heterocycles. The Bertz CT molecular complexity index is 1670. The van der Waals surface area contributed by atoms with Crippen molar-refractivity contribution in [3.05, 3.63) is 99.8 Å². The zero-order valence-corrected chi connectivity index (χ0v) is 22.0. The van der Waals surface area contributed by atoms with Crippen LogP contribution in [0.1, 0.15) is 32.0 Å². The van der Waals surface area contributed by atoms with E-state index in [0.29, 0.717) is 28.3 Å². The number of anilines is 1. The molecule has 0 fully saturated rings. The van der Waals surface area contributed by atoms with Crippen molar-refractivity contribution in [2.75, 3.05) is 19.8 Å². The quantitative estimate of drug-likeness (QED) is 0.259. The van der Waals surface area contributed by atoms with Crippen molar-refractivity contribution >= 4 is 44.3 Å². The van der Waals surface area contributed by atoms with Crippen LogP contribution in [-0.2, 0) is 0 Å². The number of hydrogen-bond acceptors (Lipinski definition) is 5. The summed E-state index contributed by atoms with van der Waals surface area (Å²) >= 11 is 3.45. The highest BCUT2D eigenvalue weighted by atomic mass is 79.9. The van der Waals surface area contributed by atoms with Crippen LogP contribution in [0.2, 0.25) is 0 Å². The molecule has 37 heavy (non-hydrogen) atoms. The van der Waals surface area contributed by atoms with E-state index in [1.165, 1.54) is 11.1 Å². The van der Waals surface area contributed by atoms with Gasteiger partial charge in [-0.2, -0.15) is 5.10 Å². The van der Waals surface area contributed by atoms with Crippen LogP contribution in [0.3, 0.4) is 0 Å². The number of carbonyl (C=O) groups is 2. The average molecular weight is 558 g/mol. The molecule has 0 atom stereocenters. The Hall–Kier alpha value is -4.37. The van der Waals surface area contributed by atoms with Crippen LogP contribution >= 0.6 is 15.9 Å². The fraction of sp³-hybridized carbons (Fsp3) is 0.107. The molecule has 0 bridgehead atoms. The fourth-order valence-electron chi connectivity index (χ4n) is 4.11. The number of ether oxygens (including phenoxy) is 1. The lowest BCUT2D eigenvalue weighted by Gasteiger charge is -2.13. The standard InChI is InChI=1S/C28H24BrN5O3/c1-16-11-21(37-20-6-4-5-17(13-20)28(36)33(2)3)8-10-25(16)34-27(30)22(15-31-34)26(35)24-14-18-12-19(29)7-9-23(18)32-24/h4-15,32H,30H2,1-3H3. The minimum atomic E-state index is -0.235. The second kappa shape index (κ2) is 9.59. The number of aromatic amines is 1. The van der Waals surface area contributed by atoms with Gasteiger partial charge in [0.15, 0.2) is 0 Å². The molecule has 0 saturated heterocycles. The Balaban J connectivity index is 1.39. The van der Waals surface area contributed by atoms with Gasteiger partial charge in [-0.3, -0.25) is 9.59 Å². The molecule has 5 rings (SSSR count). The highest BCUT2D eigenvalue weighted by Crippen LogP contribution is 2.29. The molecule has 0 spiro atoms. The van der Waals surface area contributed by atoms with E-state index in [-0.39, 0.29) is 17.5 Å². The van der Waals surface area contributed by atoms with Crippen LogP contribution in [0.25, 0.3) is 16.6 Å². The number of nitrogens with one attached hydrogen (secondary N) is 1. The highest BCUT2D eigenvalue weighted by Gasteiger charge is 2.20. The molecular formula is C28H24BrN5O3. The summed E-state index contributed by atoms with van der Waals surface area (Å²) in [6.07, 6.45) is 1.48. The van der Waals surface area contributed by atoms with Crippen molar-refractivity contribution < 1.29 is 14.3 Å². The van der Waals surface area contributed by atoms with Gasteiger partial charge in [0.1, 0.15) is 17.3 Å². The molecule has 0 aliphatic heterocycles. The third-order valence-electron chi connectivity index (χ3n) is 6.00. The number of nitrogens with two attached hydrogens (primary N) is 1. The van der Waals surface area contributed by atoms with Crippen molar-refractivity contribution in [2.24, 2.45) is 0 Å². The number of benzene rings is 3. The van der Waals surface area contributed by atoms with Crippen molar-refractivity contribution in [3.8, 4) is 17.2 Å². The van der Waals surface area contributed by atoms with E-state index >= 15 is 0 Å². The first kappa shape index (κ1) is 24.3. The van der Waals surface area contributed by atoms with E-state index in [4.69, 9.17) is 10.5 Å². The highest BCUT2D eigenvalue weighted by molar-refractivity contribution is 9.10. The van der Waals surface area contributed by atoms with E-state index in [1.54, 1.807) is 55.2 Å². The summed E-state index contributed by atoms with van der Waals surface area (Å²) in [4.78, 5) is 30.1. The number of rotatable bonds is 6. The summed E-state index contributed by atoms with van der Waals surface area (Å²) in [5, 5.41) is 5.31. The van der Waals surface area contributed by atoms with E-state index < -0.39 is 0 Å². The van der Waals surface area contributed by atoms with Gasteiger partial charge in [-0.1, -0.05) is 22.0 Å². The van der Waals surface area contributed by atoms with Crippen molar-refractivity contribution in [1.82, 2.24) is 19.7 Å². The lowest BCUT2D eigenvalue weighted by molar-refractivity contribution is 0.0827. The minimum Gasteiger partial charge on any atom is -0.457 e. The van der Waals surface area contributed by atoms with E-state index in [2.05, 4.69) is 26.0 Å². The van der Waals surface area contributed by atoms with Gasteiger partial charge < -0.3 is 20.4 Å². The number of amides is 1. The predicted molar refractivity (Wildman–Crippen MR) is 147 cm³/mol. The zero-order chi connectivity index (χ0) is 26.3. The largest absolute Gasteiger partial charge is 0.457 e. The fourth-order valence-corrected chi connectivity index (χ4v) is 4.49. The van der Waals surface area contributed by atoms with Crippen molar-refractivity contribution in [2.45, 2.75) is 6.92 Å². The molecule has 0 aliphatic carbocycles. The van der Waals surface area contributed by atoms with E-state index in [9.17, 15) is 9.59 Å². The average Bonchev–Trinajstić information content (AvgIpc) is 3.46. The molecule has 2 aromatic heterocycles. The van der Waals surface area contributed by atoms with Gasteiger partial charge in [0.25, 0.3) is 5.91 Å². The number of aryl methyl sites for hydroxylation is 1. The summed E-state index contributed by atoms with van der Waals surface area (Å²) in [6, 6.07) is 20.1. The van der Waals surface area contributed by atoms with Gasteiger partial charge >= 0.3 is 0 Å². The third kappa shape index (κ3) is 4.73. The number of hydrogen-bond donors (Lipinski definition) is 2. The maximum atomic E-state index is 13.2. The minimum absolute atomic E-state index is 0.100. The number of ketones is 1. The lowest BCUT2D eigenvalue weighted by Crippen LogP contribution is -2.21. The molecule has 8 nitrogen and oxygen atoms in total. The summed E-state index contributed by atoms with van der Waals surface area (Å²) in [6.45, 7) is 1.91. The first-order chi connectivity index (χ1) is 17.7. The van der Waals surface area contributed by atoms with Crippen molar-refractivity contribution in [1.29, 1.82) is 0 Å². The molecule has 1 amide bonds. The number of fused-ring (bicyclic) bond motifs is 1. The molecule has 3 N–H and O–H groups in total. The zero-order valence-electron chi connectivity index (χ0n) is 20.4. The first-order valence-electron chi connectivity index (χ1n) is 11.5. The topological polar surface area (TPSA) is 106 Å². The predicted octanol–water partition coefficient (Wildman–Crippen LogP) is 5.73. The molecule has 5 aromatic rings. The molecule has 3 aromatic carbocycles. The van der Waals surface area contributed by atoms with Gasteiger partial charge in [0, 0.05) is 35.0 Å².